The smallest absolute Gasteiger partial charge is 0.326 e. The minimum Gasteiger partial charge on any atom is -0.350 e. The van der Waals surface area contributed by atoms with Crippen LogP contribution in [0.3, 0.4) is 0 Å². The number of anilines is 2. The van der Waals surface area contributed by atoms with E-state index in [0.717, 1.165) is 16.9 Å². The molecule has 5 heteroatoms. The normalized spacial score (nSPS) is 10.2. The SMILES string of the molecule is Cc1ccc(C(=O)NCCN(C(=O)Nc2ccccc2)c2ccccc2)cc1. The summed E-state index contributed by atoms with van der Waals surface area (Å²) in [4.78, 5) is 26.7. The number of urea groups is 1. The van der Waals surface area contributed by atoms with Crippen LogP contribution in [0.5, 0.6) is 0 Å². The first kappa shape index (κ1) is 19.2. The second kappa shape index (κ2) is 9.37. The third-order valence-electron chi connectivity index (χ3n) is 4.27. The number of rotatable bonds is 6. The van der Waals surface area contributed by atoms with E-state index in [1.807, 2.05) is 79.7 Å². The molecule has 0 spiro atoms. The van der Waals surface area contributed by atoms with Crippen LogP contribution in [0.4, 0.5) is 16.2 Å². The zero-order valence-corrected chi connectivity index (χ0v) is 15.8. The number of aryl methyl sites for hydroxylation is 1. The van der Waals surface area contributed by atoms with Crippen LogP contribution in [0.1, 0.15) is 15.9 Å². The number of hydrogen-bond acceptors (Lipinski definition) is 2. The molecule has 142 valence electrons. The molecule has 0 saturated carbocycles. The first-order valence-corrected chi connectivity index (χ1v) is 9.17. The summed E-state index contributed by atoms with van der Waals surface area (Å²) in [6, 6.07) is 25.8. The van der Waals surface area contributed by atoms with Crippen LogP contribution in [-0.2, 0) is 0 Å². The Morgan fingerprint density at radius 3 is 2.07 bits per heavy atom. The van der Waals surface area contributed by atoms with E-state index >= 15 is 0 Å². The number of carbonyl (C=O) groups is 2. The Hall–Kier alpha value is -3.60. The van der Waals surface area contributed by atoms with Crippen LogP contribution < -0.4 is 15.5 Å². The molecule has 0 unspecified atom stereocenters. The van der Waals surface area contributed by atoms with Gasteiger partial charge in [-0.05, 0) is 43.3 Å². The lowest BCUT2D eigenvalue weighted by atomic mass is 10.1. The molecule has 28 heavy (non-hydrogen) atoms. The molecule has 0 bridgehead atoms. The predicted octanol–water partition coefficient (Wildman–Crippen LogP) is 4.46. The van der Waals surface area contributed by atoms with Gasteiger partial charge in [0.25, 0.3) is 5.91 Å². The minimum atomic E-state index is -0.248. The van der Waals surface area contributed by atoms with E-state index in [1.54, 1.807) is 17.0 Å². The van der Waals surface area contributed by atoms with Crippen molar-refractivity contribution in [2.45, 2.75) is 6.92 Å². The molecule has 5 nitrogen and oxygen atoms in total. The first-order valence-electron chi connectivity index (χ1n) is 9.17. The number of para-hydroxylation sites is 2. The Bertz CT molecular complexity index is 910. The van der Waals surface area contributed by atoms with Gasteiger partial charge in [0.2, 0.25) is 0 Å². The Morgan fingerprint density at radius 1 is 0.821 bits per heavy atom. The summed E-state index contributed by atoms with van der Waals surface area (Å²) in [7, 11) is 0. The number of amides is 3. The van der Waals surface area contributed by atoms with Gasteiger partial charge >= 0.3 is 6.03 Å². The highest BCUT2D eigenvalue weighted by molar-refractivity contribution is 6.01. The summed E-state index contributed by atoms with van der Waals surface area (Å²) in [6.07, 6.45) is 0. The van der Waals surface area contributed by atoms with Crippen molar-refractivity contribution in [1.29, 1.82) is 0 Å². The first-order chi connectivity index (χ1) is 13.6. The molecule has 0 aliphatic rings. The summed E-state index contributed by atoms with van der Waals surface area (Å²) in [5.74, 6) is -0.156. The molecule has 3 aromatic carbocycles. The zero-order valence-electron chi connectivity index (χ0n) is 15.8. The van der Waals surface area contributed by atoms with Crippen LogP contribution in [0.15, 0.2) is 84.9 Å². The van der Waals surface area contributed by atoms with E-state index < -0.39 is 0 Å². The summed E-state index contributed by atoms with van der Waals surface area (Å²) >= 11 is 0. The third kappa shape index (κ3) is 5.20. The Morgan fingerprint density at radius 2 is 1.43 bits per heavy atom. The third-order valence-corrected chi connectivity index (χ3v) is 4.27. The van der Waals surface area contributed by atoms with E-state index in [1.165, 1.54) is 0 Å². The fraction of sp³-hybridized carbons (Fsp3) is 0.130. The molecular weight excluding hydrogens is 350 g/mol. The Kier molecular flexibility index (Phi) is 6.41. The van der Waals surface area contributed by atoms with Crippen molar-refractivity contribution in [2.24, 2.45) is 0 Å². The molecule has 0 saturated heterocycles. The van der Waals surface area contributed by atoms with Gasteiger partial charge in [0.1, 0.15) is 0 Å². The van der Waals surface area contributed by atoms with Crippen molar-refractivity contribution < 1.29 is 9.59 Å². The lowest BCUT2D eigenvalue weighted by Gasteiger charge is -2.23. The zero-order chi connectivity index (χ0) is 19.8. The van der Waals surface area contributed by atoms with E-state index in [-0.39, 0.29) is 11.9 Å². The minimum absolute atomic E-state index is 0.156. The van der Waals surface area contributed by atoms with E-state index in [4.69, 9.17) is 0 Å². The van der Waals surface area contributed by atoms with Gasteiger partial charge < -0.3 is 10.6 Å². The molecule has 0 heterocycles. The summed E-state index contributed by atoms with van der Waals surface area (Å²) < 4.78 is 0. The number of nitrogens with zero attached hydrogens (tertiary/aromatic N) is 1. The van der Waals surface area contributed by atoms with Crippen LogP contribution >= 0.6 is 0 Å². The van der Waals surface area contributed by atoms with Gasteiger partial charge in [0.05, 0.1) is 0 Å². The number of benzene rings is 3. The molecule has 0 aromatic heterocycles. The highest BCUT2D eigenvalue weighted by Gasteiger charge is 2.16. The van der Waals surface area contributed by atoms with Gasteiger partial charge in [0.15, 0.2) is 0 Å². The molecule has 0 radical (unpaired) electrons. The van der Waals surface area contributed by atoms with Gasteiger partial charge in [-0.25, -0.2) is 4.79 Å². The van der Waals surface area contributed by atoms with Crippen LogP contribution in [0.25, 0.3) is 0 Å². The maximum Gasteiger partial charge on any atom is 0.326 e. The molecule has 0 fully saturated rings. The molecule has 0 aliphatic carbocycles. The van der Waals surface area contributed by atoms with Gasteiger partial charge in [-0.1, -0.05) is 54.1 Å². The number of hydrogen-bond donors (Lipinski definition) is 2. The van der Waals surface area contributed by atoms with Crippen molar-refractivity contribution in [3.63, 3.8) is 0 Å². The highest BCUT2D eigenvalue weighted by atomic mass is 16.2. The summed E-state index contributed by atoms with van der Waals surface area (Å²) in [5, 5.41) is 5.77. The highest BCUT2D eigenvalue weighted by Crippen LogP contribution is 2.15. The Balaban J connectivity index is 1.65. The van der Waals surface area contributed by atoms with Crippen molar-refractivity contribution in [2.75, 3.05) is 23.3 Å². The maximum atomic E-state index is 12.8. The molecule has 0 aliphatic heterocycles. The van der Waals surface area contributed by atoms with Crippen molar-refractivity contribution in [3.05, 3.63) is 96.1 Å². The molecule has 2 N–H and O–H groups in total. The predicted molar refractivity (Wildman–Crippen MR) is 113 cm³/mol. The quantitative estimate of drug-likeness (QED) is 0.670. The standard InChI is InChI=1S/C23H23N3O2/c1-18-12-14-19(15-13-18)22(27)24-16-17-26(21-10-6-3-7-11-21)23(28)25-20-8-4-2-5-9-20/h2-15H,16-17H2,1H3,(H,24,27)(H,25,28). The van der Waals surface area contributed by atoms with E-state index in [9.17, 15) is 9.59 Å². The molecule has 3 rings (SSSR count). The fourth-order valence-electron chi connectivity index (χ4n) is 2.76. The van der Waals surface area contributed by atoms with Gasteiger partial charge in [0, 0.05) is 30.0 Å². The second-order valence-corrected chi connectivity index (χ2v) is 6.41. The summed E-state index contributed by atoms with van der Waals surface area (Å²) in [6.45, 7) is 2.66. The van der Waals surface area contributed by atoms with Gasteiger partial charge in [-0.3, -0.25) is 9.69 Å². The lowest BCUT2D eigenvalue weighted by molar-refractivity contribution is 0.0954. The second-order valence-electron chi connectivity index (χ2n) is 6.41. The maximum absolute atomic E-state index is 12.8. The van der Waals surface area contributed by atoms with Crippen molar-refractivity contribution in [1.82, 2.24) is 5.32 Å². The van der Waals surface area contributed by atoms with Crippen LogP contribution in [-0.4, -0.2) is 25.0 Å². The van der Waals surface area contributed by atoms with E-state index in [2.05, 4.69) is 10.6 Å². The number of carbonyl (C=O) groups excluding carboxylic acids is 2. The number of nitrogens with one attached hydrogen (secondary N) is 2. The topological polar surface area (TPSA) is 61.4 Å². The monoisotopic (exact) mass is 373 g/mol. The van der Waals surface area contributed by atoms with Crippen LogP contribution in [0, 0.1) is 6.92 Å². The van der Waals surface area contributed by atoms with Crippen molar-refractivity contribution >= 4 is 23.3 Å². The van der Waals surface area contributed by atoms with Crippen LogP contribution in [0.2, 0.25) is 0 Å². The average Bonchev–Trinajstić information content (AvgIpc) is 2.73. The molecule has 3 amide bonds. The molecule has 0 atom stereocenters. The Labute approximate surface area is 165 Å². The largest absolute Gasteiger partial charge is 0.350 e. The molecular formula is C23H23N3O2. The van der Waals surface area contributed by atoms with Gasteiger partial charge in [-0.15, -0.1) is 0 Å². The molecule has 3 aromatic rings. The van der Waals surface area contributed by atoms with Gasteiger partial charge in [-0.2, -0.15) is 0 Å². The van der Waals surface area contributed by atoms with Crippen molar-refractivity contribution in [3.8, 4) is 0 Å². The summed E-state index contributed by atoms with van der Waals surface area (Å²) in [5.41, 5.74) is 3.19. The lowest BCUT2D eigenvalue weighted by Crippen LogP contribution is -2.41. The van der Waals surface area contributed by atoms with E-state index in [0.29, 0.717) is 18.7 Å². The average molecular weight is 373 g/mol. The fourth-order valence-corrected chi connectivity index (χ4v) is 2.76.